The van der Waals surface area contributed by atoms with Crippen LogP contribution in [0.5, 0.6) is 17.2 Å². The molecule has 0 radical (unpaired) electrons. The summed E-state index contributed by atoms with van der Waals surface area (Å²) < 4.78 is 31.6. The molecule has 2 atom stereocenters. The van der Waals surface area contributed by atoms with Crippen LogP contribution in [-0.2, 0) is 11.3 Å². The largest absolute Gasteiger partial charge is 0.493 e. The van der Waals surface area contributed by atoms with Gasteiger partial charge in [0.2, 0.25) is 0 Å². The molecule has 3 aromatic rings. The van der Waals surface area contributed by atoms with Crippen LogP contribution >= 0.6 is 0 Å². The van der Waals surface area contributed by atoms with Crippen molar-refractivity contribution in [2.45, 2.75) is 32.0 Å². The summed E-state index contributed by atoms with van der Waals surface area (Å²) in [5, 5.41) is 5.65. The summed E-state index contributed by atoms with van der Waals surface area (Å²) in [5.74, 6) is -0.354. The molecule has 2 aromatic carbocycles. The topological polar surface area (TPSA) is 132 Å². The quantitative estimate of drug-likeness (QED) is 0.497. The average Bonchev–Trinajstić information content (AvgIpc) is 2.95. The molecule has 1 fully saturated rings. The maximum atomic E-state index is 14.5. The van der Waals surface area contributed by atoms with Crippen LogP contribution in [0.3, 0.4) is 0 Å². The van der Waals surface area contributed by atoms with Gasteiger partial charge >= 0.3 is 0 Å². The minimum atomic E-state index is -0.637. The van der Waals surface area contributed by atoms with Crippen LogP contribution in [-0.4, -0.2) is 71.5 Å². The monoisotopic (exact) mass is 549 g/mol. The van der Waals surface area contributed by atoms with Gasteiger partial charge in [0.25, 0.3) is 17.7 Å². The smallest absolute Gasteiger partial charge is 0.258 e. The lowest BCUT2D eigenvalue weighted by atomic mass is 10.00. The van der Waals surface area contributed by atoms with Crippen LogP contribution in [0, 0.1) is 12.7 Å². The first-order valence-corrected chi connectivity index (χ1v) is 12.7. The molecular formula is C28H28FN5O6. The van der Waals surface area contributed by atoms with Crippen LogP contribution in [0.4, 0.5) is 4.39 Å². The third kappa shape index (κ3) is 6.11. The number of nitrogens with zero attached hydrogens (tertiary/aromatic N) is 3. The molecule has 3 amide bonds. The molecular weight excluding hydrogens is 521 g/mol. The number of amides is 3. The normalized spacial score (nSPS) is 19.3. The Labute approximate surface area is 229 Å². The number of methoxy groups -OCH3 is 1. The Kier molecular flexibility index (Phi) is 7.76. The van der Waals surface area contributed by atoms with Gasteiger partial charge < -0.3 is 29.7 Å². The van der Waals surface area contributed by atoms with E-state index in [0.29, 0.717) is 35.7 Å². The number of carbonyl (C=O) groups excluding carboxylic acids is 3. The Morgan fingerprint density at radius 3 is 2.73 bits per heavy atom. The maximum Gasteiger partial charge on any atom is 0.258 e. The van der Waals surface area contributed by atoms with Crippen molar-refractivity contribution >= 4 is 17.7 Å². The fourth-order valence-corrected chi connectivity index (χ4v) is 4.62. The second-order valence-corrected chi connectivity index (χ2v) is 9.52. The van der Waals surface area contributed by atoms with E-state index in [-0.39, 0.29) is 42.7 Å². The van der Waals surface area contributed by atoms with Gasteiger partial charge in [-0.3, -0.25) is 14.4 Å². The van der Waals surface area contributed by atoms with Gasteiger partial charge in [-0.15, -0.1) is 0 Å². The maximum absolute atomic E-state index is 14.5. The highest BCUT2D eigenvalue weighted by atomic mass is 19.1. The summed E-state index contributed by atoms with van der Waals surface area (Å²) >= 11 is 0. The Morgan fingerprint density at radius 1 is 1.15 bits per heavy atom. The van der Waals surface area contributed by atoms with E-state index < -0.39 is 29.8 Å². The number of halogens is 1. The summed E-state index contributed by atoms with van der Waals surface area (Å²) in [5.41, 5.74) is 1.08. The highest BCUT2D eigenvalue weighted by Gasteiger charge is 2.35. The number of rotatable bonds is 2. The van der Waals surface area contributed by atoms with E-state index in [4.69, 9.17) is 14.2 Å². The molecule has 3 heterocycles. The summed E-state index contributed by atoms with van der Waals surface area (Å²) in [6.45, 7) is 1.92. The molecule has 5 rings (SSSR count). The summed E-state index contributed by atoms with van der Waals surface area (Å²) in [4.78, 5) is 48.8. The minimum Gasteiger partial charge on any atom is -0.493 e. The van der Waals surface area contributed by atoms with Crippen molar-refractivity contribution in [2.24, 2.45) is 0 Å². The minimum absolute atomic E-state index is 0.0548. The van der Waals surface area contributed by atoms with Crippen molar-refractivity contribution in [3.8, 4) is 17.2 Å². The number of fused-ring (bicyclic) bond motifs is 5. The van der Waals surface area contributed by atoms with Gasteiger partial charge in [-0.1, -0.05) is 0 Å². The van der Waals surface area contributed by atoms with E-state index in [1.54, 1.807) is 30.0 Å². The zero-order valence-corrected chi connectivity index (χ0v) is 22.0. The van der Waals surface area contributed by atoms with Crippen LogP contribution in [0.15, 0.2) is 48.8 Å². The number of aromatic nitrogens is 2. The van der Waals surface area contributed by atoms with E-state index in [2.05, 4.69) is 20.6 Å². The first kappa shape index (κ1) is 26.9. The number of likely N-dealkylation sites (tertiary alicyclic amines) is 1. The number of benzene rings is 2. The van der Waals surface area contributed by atoms with Gasteiger partial charge in [0.05, 0.1) is 18.7 Å². The highest BCUT2D eigenvalue weighted by Crippen LogP contribution is 2.29. The molecule has 12 heteroatoms. The van der Waals surface area contributed by atoms with E-state index in [0.717, 1.165) is 0 Å². The molecule has 208 valence electrons. The Hall–Kier alpha value is -4.74. The van der Waals surface area contributed by atoms with Gasteiger partial charge in [0, 0.05) is 50.1 Å². The zero-order valence-electron chi connectivity index (χ0n) is 22.0. The molecule has 0 saturated carbocycles. The molecule has 4 bridgehead atoms. The molecule has 2 aliphatic rings. The lowest BCUT2D eigenvalue weighted by Gasteiger charge is -2.39. The molecule has 2 N–H and O–H groups in total. The van der Waals surface area contributed by atoms with Crippen molar-refractivity contribution in [2.75, 3.05) is 26.8 Å². The molecule has 0 unspecified atom stereocenters. The van der Waals surface area contributed by atoms with Crippen molar-refractivity contribution in [3.63, 3.8) is 0 Å². The van der Waals surface area contributed by atoms with Crippen molar-refractivity contribution in [3.05, 3.63) is 77.1 Å². The molecule has 11 nitrogen and oxygen atoms in total. The molecule has 1 aromatic heterocycles. The molecule has 40 heavy (non-hydrogen) atoms. The molecule has 2 aliphatic heterocycles. The van der Waals surface area contributed by atoms with Crippen molar-refractivity contribution in [1.82, 2.24) is 25.5 Å². The molecule has 1 saturated heterocycles. The summed E-state index contributed by atoms with van der Waals surface area (Å²) in [6, 6.07) is 8.15. The number of nitrogens with one attached hydrogen (secondary N) is 2. The number of aryl methyl sites for hydroxylation is 1. The fraction of sp³-hybridized carbons (Fsp3) is 0.321. The Morgan fingerprint density at radius 2 is 1.95 bits per heavy atom. The number of hydrogen-bond donors (Lipinski definition) is 2. The predicted molar refractivity (Wildman–Crippen MR) is 140 cm³/mol. The third-order valence-corrected chi connectivity index (χ3v) is 6.67. The van der Waals surface area contributed by atoms with Crippen LogP contribution in [0.2, 0.25) is 0 Å². The molecule has 0 aliphatic carbocycles. The Bertz CT molecular complexity index is 1430. The SMILES string of the molecule is COc1ccc2cc1OCC(=O)NCc1cc(F)cc(c1)O[C@@H]1CCN(C(=O)c3cnc(C)nc3)C[C@@H]1NC2=O. The third-order valence-electron chi connectivity index (χ3n) is 6.67. The highest BCUT2D eigenvalue weighted by molar-refractivity contribution is 5.96. The number of piperidine rings is 1. The first-order valence-electron chi connectivity index (χ1n) is 12.7. The first-order chi connectivity index (χ1) is 19.3. The van der Waals surface area contributed by atoms with Crippen molar-refractivity contribution in [1.29, 1.82) is 0 Å². The molecule has 0 spiro atoms. The van der Waals surface area contributed by atoms with Gasteiger partial charge in [-0.2, -0.15) is 0 Å². The van der Waals surface area contributed by atoms with Crippen LogP contribution in [0.1, 0.15) is 38.5 Å². The fourth-order valence-electron chi connectivity index (χ4n) is 4.62. The second kappa shape index (κ2) is 11.6. The van der Waals surface area contributed by atoms with Crippen LogP contribution in [0.25, 0.3) is 0 Å². The number of hydrogen-bond acceptors (Lipinski definition) is 8. The average molecular weight is 550 g/mol. The lowest BCUT2D eigenvalue weighted by Crippen LogP contribution is -2.58. The van der Waals surface area contributed by atoms with Gasteiger partial charge in [-0.25, -0.2) is 14.4 Å². The predicted octanol–water partition coefficient (Wildman–Crippen LogP) is 2.03. The summed E-state index contributed by atoms with van der Waals surface area (Å²) in [7, 11) is 1.45. The zero-order chi connectivity index (χ0) is 28.2. The van der Waals surface area contributed by atoms with Gasteiger partial charge in [-0.05, 0) is 42.8 Å². The van der Waals surface area contributed by atoms with E-state index >= 15 is 0 Å². The van der Waals surface area contributed by atoms with E-state index in [9.17, 15) is 18.8 Å². The number of carbonyl (C=O) groups is 3. The van der Waals surface area contributed by atoms with Gasteiger partial charge in [0.1, 0.15) is 23.5 Å². The van der Waals surface area contributed by atoms with Crippen molar-refractivity contribution < 1.29 is 33.0 Å². The summed E-state index contributed by atoms with van der Waals surface area (Å²) in [6.07, 6.45) is 2.73. The lowest BCUT2D eigenvalue weighted by molar-refractivity contribution is -0.123. The number of ether oxygens (including phenoxy) is 3. The van der Waals surface area contributed by atoms with E-state index in [1.165, 1.54) is 37.7 Å². The standard InChI is InChI=1S/C28H28FN5O6/c1-16-30-12-19(13-31-16)28(37)34-6-5-23-22(14-34)33-27(36)18-3-4-24(38-2)25(9-18)39-15-26(35)32-11-17-7-20(29)10-21(8-17)40-23/h3-4,7-10,12-13,22-23H,5-6,11,14-15H2,1-2H3,(H,32,35)(H,33,36)/t22-,23+/m0/s1. The van der Waals surface area contributed by atoms with Gasteiger partial charge in [0.15, 0.2) is 18.1 Å². The second-order valence-electron chi connectivity index (χ2n) is 9.52. The van der Waals surface area contributed by atoms with E-state index in [1.807, 2.05) is 0 Å². The Balaban J connectivity index is 1.46. The van der Waals surface area contributed by atoms with Crippen LogP contribution < -0.4 is 24.8 Å².